The summed E-state index contributed by atoms with van der Waals surface area (Å²) in [5, 5.41) is 15.1. The molecule has 7 nitrogen and oxygen atoms in total. The number of nitrogens with one attached hydrogen (secondary N) is 1. The van der Waals surface area contributed by atoms with Gasteiger partial charge in [-0.15, -0.1) is 10.2 Å². The lowest BCUT2D eigenvalue weighted by Crippen LogP contribution is -2.20. The normalized spacial score (nSPS) is 10.5. The number of carbonyl (C=O) groups excluding carboxylic acids is 1. The summed E-state index contributed by atoms with van der Waals surface area (Å²) in [5.41, 5.74) is 3.83. The van der Waals surface area contributed by atoms with Crippen LogP contribution in [0.1, 0.15) is 5.56 Å². The van der Waals surface area contributed by atoms with Gasteiger partial charge >= 0.3 is 0 Å². The van der Waals surface area contributed by atoms with Gasteiger partial charge in [-0.2, -0.15) is 4.80 Å². The van der Waals surface area contributed by atoms with E-state index in [1.54, 1.807) is 0 Å². The van der Waals surface area contributed by atoms with E-state index in [1.165, 1.54) is 4.80 Å². The highest BCUT2D eigenvalue weighted by molar-refractivity contribution is 5.90. The summed E-state index contributed by atoms with van der Waals surface area (Å²) >= 11 is 0. The SMILES string of the molecule is Cc1ccc(NC(=O)Cn2nnc(-c3ccc(N(C)C)cc3)n2)cc1. The predicted octanol–water partition coefficient (Wildman–Crippen LogP) is 2.35. The largest absolute Gasteiger partial charge is 0.378 e. The van der Waals surface area contributed by atoms with E-state index in [4.69, 9.17) is 0 Å². The molecule has 0 aliphatic carbocycles. The van der Waals surface area contributed by atoms with Crippen molar-refractivity contribution in [2.75, 3.05) is 24.3 Å². The maximum absolute atomic E-state index is 12.1. The number of anilines is 2. The van der Waals surface area contributed by atoms with Gasteiger partial charge in [0.25, 0.3) is 0 Å². The number of benzene rings is 2. The van der Waals surface area contributed by atoms with Crippen LogP contribution in [0, 0.1) is 6.92 Å². The van der Waals surface area contributed by atoms with Crippen molar-refractivity contribution >= 4 is 17.3 Å². The summed E-state index contributed by atoms with van der Waals surface area (Å²) in [6.45, 7) is 2.01. The number of hydrogen-bond acceptors (Lipinski definition) is 5. The van der Waals surface area contributed by atoms with E-state index < -0.39 is 0 Å². The first-order valence-electron chi connectivity index (χ1n) is 7.93. The summed E-state index contributed by atoms with van der Waals surface area (Å²) in [6.07, 6.45) is 0. The fraction of sp³-hybridized carbons (Fsp3) is 0.222. The zero-order valence-corrected chi connectivity index (χ0v) is 14.5. The molecule has 25 heavy (non-hydrogen) atoms. The van der Waals surface area contributed by atoms with Crippen LogP contribution in [0.25, 0.3) is 11.4 Å². The van der Waals surface area contributed by atoms with Gasteiger partial charge in [0, 0.05) is 31.0 Å². The third kappa shape index (κ3) is 4.20. The number of nitrogens with zero attached hydrogens (tertiary/aromatic N) is 5. The van der Waals surface area contributed by atoms with Crippen LogP contribution in [0.2, 0.25) is 0 Å². The molecule has 0 atom stereocenters. The number of aryl methyl sites for hydroxylation is 1. The number of aromatic nitrogens is 4. The second-order valence-electron chi connectivity index (χ2n) is 6.00. The van der Waals surface area contributed by atoms with Crippen molar-refractivity contribution in [3.05, 3.63) is 54.1 Å². The van der Waals surface area contributed by atoms with Gasteiger partial charge in [0.2, 0.25) is 11.7 Å². The van der Waals surface area contributed by atoms with Crippen LogP contribution < -0.4 is 10.2 Å². The monoisotopic (exact) mass is 336 g/mol. The standard InChI is InChI=1S/C18H20N6O/c1-13-4-8-15(9-5-13)19-17(25)12-24-21-18(20-22-24)14-6-10-16(11-7-14)23(2)3/h4-11H,12H2,1-3H3,(H,19,25). The number of hydrogen-bond donors (Lipinski definition) is 1. The highest BCUT2D eigenvalue weighted by Gasteiger charge is 2.10. The zero-order chi connectivity index (χ0) is 17.8. The predicted molar refractivity (Wildman–Crippen MR) is 97.4 cm³/mol. The molecule has 0 radical (unpaired) electrons. The van der Waals surface area contributed by atoms with Crippen molar-refractivity contribution in [2.24, 2.45) is 0 Å². The lowest BCUT2D eigenvalue weighted by atomic mass is 10.2. The second-order valence-corrected chi connectivity index (χ2v) is 6.00. The fourth-order valence-electron chi connectivity index (χ4n) is 2.30. The zero-order valence-electron chi connectivity index (χ0n) is 14.5. The van der Waals surface area contributed by atoms with E-state index in [0.717, 1.165) is 22.5 Å². The molecular formula is C18H20N6O. The van der Waals surface area contributed by atoms with Crippen LogP contribution in [0.4, 0.5) is 11.4 Å². The van der Waals surface area contributed by atoms with Crippen LogP contribution in [-0.4, -0.2) is 40.2 Å². The molecule has 1 heterocycles. The van der Waals surface area contributed by atoms with Crippen molar-refractivity contribution in [2.45, 2.75) is 13.5 Å². The highest BCUT2D eigenvalue weighted by atomic mass is 16.2. The van der Waals surface area contributed by atoms with E-state index in [1.807, 2.05) is 74.4 Å². The van der Waals surface area contributed by atoms with E-state index >= 15 is 0 Å². The van der Waals surface area contributed by atoms with Gasteiger partial charge in [0.15, 0.2) is 0 Å². The van der Waals surface area contributed by atoms with Crippen LogP contribution in [0.15, 0.2) is 48.5 Å². The molecule has 0 saturated carbocycles. The molecule has 0 fully saturated rings. The molecule has 0 aliphatic rings. The van der Waals surface area contributed by atoms with Gasteiger partial charge in [-0.1, -0.05) is 17.7 Å². The summed E-state index contributed by atoms with van der Waals surface area (Å²) in [7, 11) is 3.96. The molecule has 0 saturated heterocycles. The Balaban J connectivity index is 1.64. The quantitative estimate of drug-likeness (QED) is 0.774. The Labute approximate surface area is 146 Å². The molecule has 1 aromatic heterocycles. The van der Waals surface area contributed by atoms with Gasteiger partial charge in [-0.3, -0.25) is 4.79 Å². The van der Waals surface area contributed by atoms with Crippen molar-refractivity contribution in [1.82, 2.24) is 20.2 Å². The Bertz CT molecular complexity index is 852. The molecule has 128 valence electrons. The molecule has 7 heteroatoms. The van der Waals surface area contributed by atoms with Gasteiger partial charge in [-0.25, -0.2) is 0 Å². The number of amides is 1. The van der Waals surface area contributed by atoms with E-state index in [-0.39, 0.29) is 12.5 Å². The van der Waals surface area contributed by atoms with E-state index in [2.05, 4.69) is 20.7 Å². The highest BCUT2D eigenvalue weighted by Crippen LogP contribution is 2.18. The Morgan fingerprint density at radius 2 is 1.76 bits per heavy atom. The summed E-state index contributed by atoms with van der Waals surface area (Å²) in [6, 6.07) is 15.4. The summed E-state index contributed by atoms with van der Waals surface area (Å²) in [4.78, 5) is 15.4. The van der Waals surface area contributed by atoms with Crippen molar-refractivity contribution in [3.63, 3.8) is 0 Å². The molecule has 3 rings (SSSR count). The lowest BCUT2D eigenvalue weighted by molar-refractivity contribution is -0.117. The second kappa shape index (κ2) is 7.12. The minimum Gasteiger partial charge on any atom is -0.378 e. The average Bonchev–Trinajstić information content (AvgIpc) is 3.05. The summed E-state index contributed by atoms with van der Waals surface area (Å²) < 4.78 is 0. The maximum Gasteiger partial charge on any atom is 0.248 e. The molecule has 2 aromatic carbocycles. The minimum absolute atomic E-state index is 0.0106. The lowest BCUT2D eigenvalue weighted by Gasteiger charge is -2.11. The van der Waals surface area contributed by atoms with Crippen LogP contribution in [0.5, 0.6) is 0 Å². The van der Waals surface area contributed by atoms with Crippen LogP contribution >= 0.6 is 0 Å². The Morgan fingerprint density at radius 1 is 1.08 bits per heavy atom. The topological polar surface area (TPSA) is 75.9 Å². The maximum atomic E-state index is 12.1. The Morgan fingerprint density at radius 3 is 2.40 bits per heavy atom. The fourth-order valence-corrected chi connectivity index (χ4v) is 2.30. The van der Waals surface area contributed by atoms with Crippen LogP contribution in [-0.2, 0) is 11.3 Å². The van der Waals surface area contributed by atoms with E-state index in [0.29, 0.717) is 5.82 Å². The summed E-state index contributed by atoms with van der Waals surface area (Å²) in [5.74, 6) is 0.296. The molecule has 1 N–H and O–H groups in total. The minimum atomic E-state index is -0.198. The van der Waals surface area contributed by atoms with E-state index in [9.17, 15) is 4.79 Å². The first kappa shape index (κ1) is 16.6. The third-order valence-electron chi connectivity index (χ3n) is 3.72. The molecular weight excluding hydrogens is 316 g/mol. The Hall–Kier alpha value is -3.22. The molecule has 0 bridgehead atoms. The van der Waals surface area contributed by atoms with Crippen molar-refractivity contribution in [1.29, 1.82) is 0 Å². The van der Waals surface area contributed by atoms with Gasteiger partial charge in [0.05, 0.1) is 0 Å². The third-order valence-corrected chi connectivity index (χ3v) is 3.72. The Kier molecular flexibility index (Phi) is 4.74. The first-order chi connectivity index (χ1) is 12.0. The number of rotatable bonds is 5. The van der Waals surface area contributed by atoms with Gasteiger partial charge < -0.3 is 10.2 Å². The van der Waals surface area contributed by atoms with Crippen molar-refractivity contribution in [3.8, 4) is 11.4 Å². The first-order valence-corrected chi connectivity index (χ1v) is 7.93. The molecule has 1 amide bonds. The van der Waals surface area contributed by atoms with Crippen molar-refractivity contribution < 1.29 is 4.79 Å². The smallest absolute Gasteiger partial charge is 0.248 e. The van der Waals surface area contributed by atoms with Gasteiger partial charge in [-0.05, 0) is 48.5 Å². The molecule has 0 aliphatic heterocycles. The average molecular weight is 336 g/mol. The molecule has 0 spiro atoms. The van der Waals surface area contributed by atoms with Gasteiger partial charge in [0.1, 0.15) is 6.54 Å². The number of tetrazole rings is 1. The number of carbonyl (C=O) groups is 1. The molecule has 0 unspecified atom stereocenters. The molecule has 3 aromatic rings. The van der Waals surface area contributed by atoms with Crippen LogP contribution in [0.3, 0.4) is 0 Å².